The molecule has 1 saturated carbocycles. The van der Waals surface area contributed by atoms with Crippen molar-refractivity contribution in [3.05, 3.63) is 0 Å². The largest absolute Gasteiger partial charge is 0.336 e. The summed E-state index contributed by atoms with van der Waals surface area (Å²) in [4.78, 5) is 13.8. The third-order valence-corrected chi connectivity index (χ3v) is 3.92. The van der Waals surface area contributed by atoms with Gasteiger partial charge in [0.2, 0.25) is 5.91 Å². The molecule has 1 unspecified atom stereocenters. The monoisotopic (exact) mass is 262 g/mol. The number of carbonyl (C=O) groups is 1. The van der Waals surface area contributed by atoms with Crippen molar-refractivity contribution < 1.29 is 13.2 Å². The third kappa shape index (κ3) is 5.04. The minimum atomic E-state index is -3.04. The molecule has 1 amide bonds. The van der Waals surface area contributed by atoms with Gasteiger partial charge in [0.05, 0.1) is 5.75 Å². The number of amides is 1. The van der Waals surface area contributed by atoms with Crippen LogP contribution in [-0.4, -0.2) is 56.9 Å². The lowest BCUT2D eigenvalue weighted by atomic mass is 10.2. The number of nitrogens with one attached hydrogen (secondary N) is 1. The maximum Gasteiger partial charge on any atom is 0.224 e. The first-order valence-corrected chi connectivity index (χ1v) is 8.04. The van der Waals surface area contributed by atoms with Gasteiger partial charge in [0, 0.05) is 31.3 Å². The molecule has 100 valence electrons. The Bertz CT molecular complexity index is 363. The average molecular weight is 262 g/mol. The molecule has 6 heteroatoms. The van der Waals surface area contributed by atoms with Gasteiger partial charge in [0.25, 0.3) is 0 Å². The average Bonchev–Trinajstić information content (AvgIpc) is 2.96. The highest BCUT2D eigenvalue weighted by molar-refractivity contribution is 7.90. The summed E-state index contributed by atoms with van der Waals surface area (Å²) in [6, 6.07) is 0.0398. The fourth-order valence-electron chi connectivity index (χ4n) is 2.04. The smallest absolute Gasteiger partial charge is 0.224 e. The van der Waals surface area contributed by atoms with Crippen LogP contribution in [-0.2, 0) is 14.6 Å². The Morgan fingerprint density at radius 3 is 2.47 bits per heavy atom. The van der Waals surface area contributed by atoms with E-state index in [0.717, 1.165) is 12.8 Å². The van der Waals surface area contributed by atoms with Crippen LogP contribution in [0.3, 0.4) is 0 Å². The highest BCUT2D eigenvalue weighted by Gasteiger charge is 2.36. The van der Waals surface area contributed by atoms with E-state index in [1.54, 1.807) is 11.9 Å². The van der Waals surface area contributed by atoms with Gasteiger partial charge in [-0.1, -0.05) is 0 Å². The number of hydrogen-bond donors (Lipinski definition) is 1. The van der Waals surface area contributed by atoms with Crippen molar-refractivity contribution in [3.63, 3.8) is 0 Å². The van der Waals surface area contributed by atoms with Crippen LogP contribution in [0.25, 0.3) is 0 Å². The number of hydrogen-bond acceptors (Lipinski definition) is 4. The van der Waals surface area contributed by atoms with Crippen LogP contribution in [0, 0.1) is 0 Å². The molecule has 0 aromatic carbocycles. The second-order valence-corrected chi connectivity index (χ2v) is 7.01. The molecule has 0 spiro atoms. The molecule has 5 nitrogen and oxygen atoms in total. The minimum Gasteiger partial charge on any atom is -0.336 e. The van der Waals surface area contributed by atoms with Crippen molar-refractivity contribution in [2.75, 3.05) is 25.6 Å². The van der Waals surface area contributed by atoms with Gasteiger partial charge in [-0.15, -0.1) is 0 Å². The summed E-state index contributed by atoms with van der Waals surface area (Å²) in [5.74, 6) is 0.104. The molecule has 0 radical (unpaired) electrons. The highest BCUT2D eigenvalue weighted by atomic mass is 32.2. The molecular weight excluding hydrogens is 240 g/mol. The minimum absolute atomic E-state index is 0.0504. The molecule has 1 aliphatic carbocycles. The molecule has 1 N–H and O–H groups in total. The molecule has 1 aliphatic rings. The van der Waals surface area contributed by atoms with Crippen LogP contribution >= 0.6 is 0 Å². The molecule has 17 heavy (non-hydrogen) atoms. The first-order valence-electron chi connectivity index (χ1n) is 5.98. The van der Waals surface area contributed by atoms with Crippen LogP contribution in [0.5, 0.6) is 0 Å². The molecular formula is C11H22N2O3S. The molecule has 0 aromatic heterocycles. The van der Waals surface area contributed by atoms with Gasteiger partial charge in [0.15, 0.2) is 0 Å². The van der Waals surface area contributed by atoms with E-state index in [9.17, 15) is 13.2 Å². The van der Waals surface area contributed by atoms with E-state index in [1.165, 1.54) is 6.26 Å². The zero-order chi connectivity index (χ0) is 13.1. The summed E-state index contributed by atoms with van der Waals surface area (Å²) in [5.41, 5.74) is 0. The third-order valence-electron chi connectivity index (χ3n) is 2.84. The van der Waals surface area contributed by atoms with E-state index >= 15 is 0 Å². The topological polar surface area (TPSA) is 66.5 Å². The van der Waals surface area contributed by atoms with Gasteiger partial charge in [0.1, 0.15) is 9.84 Å². The number of rotatable bonds is 7. The summed E-state index contributed by atoms with van der Waals surface area (Å²) >= 11 is 0. The molecule has 0 saturated heterocycles. The SMILES string of the molecule is CNCCC(=O)N(C(C)CS(C)(=O)=O)C1CC1. The molecule has 1 rings (SSSR count). The summed E-state index contributed by atoms with van der Waals surface area (Å²) in [6.07, 6.45) is 3.65. The molecule has 1 atom stereocenters. The van der Waals surface area contributed by atoms with Crippen molar-refractivity contribution in [3.8, 4) is 0 Å². The van der Waals surface area contributed by atoms with Crippen LogP contribution in [0.15, 0.2) is 0 Å². The quantitative estimate of drug-likeness (QED) is 0.702. The summed E-state index contributed by atoms with van der Waals surface area (Å²) in [6.45, 7) is 2.45. The van der Waals surface area contributed by atoms with Crippen molar-refractivity contribution in [2.45, 2.75) is 38.3 Å². The molecule has 0 heterocycles. The Kier molecular flexibility index (Phi) is 4.94. The predicted octanol–water partition coefficient (Wildman–Crippen LogP) is 0.0200. The molecule has 1 fully saturated rings. The number of carbonyl (C=O) groups excluding carboxylic acids is 1. The van der Waals surface area contributed by atoms with Gasteiger partial charge < -0.3 is 10.2 Å². The van der Waals surface area contributed by atoms with E-state index in [0.29, 0.717) is 13.0 Å². The van der Waals surface area contributed by atoms with Crippen molar-refractivity contribution in [1.29, 1.82) is 0 Å². The van der Waals surface area contributed by atoms with E-state index in [4.69, 9.17) is 0 Å². The zero-order valence-electron chi connectivity index (χ0n) is 10.8. The van der Waals surface area contributed by atoms with Crippen molar-refractivity contribution >= 4 is 15.7 Å². The Morgan fingerprint density at radius 2 is 2.06 bits per heavy atom. The number of nitrogens with zero attached hydrogens (tertiary/aromatic N) is 1. The van der Waals surface area contributed by atoms with Crippen molar-refractivity contribution in [2.24, 2.45) is 0 Å². The first kappa shape index (κ1) is 14.4. The summed E-state index contributed by atoms with van der Waals surface area (Å²) in [5, 5.41) is 2.93. The predicted molar refractivity (Wildman–Crippen MR) is 67.6 cm³/mol. The van der Waals surface area contributed by atoms with Gasteiger partial charge in [-0.3, -0.25) is 4.79 Å². The fraction of sp³-hybridized carbons (Fsp3) is 0.909. The lowest BCUT2D eigenvalue weighted by Crippen LogP contribution is -2.44. The van der Waals surface area contributed by atoms with Crippen LogP contribution in [0.1, 0.15) is 26.2 Å². The summed E-state index contributed by atoms with van der Waals surface area (Å²) < 4.78 is 22.6. The molecule has 0 aromatic rings. The van der Waals surface area contributed by atoms with Crippen LogP contribution in [0.4, 0.5) is 0 Å². The lowest BCUT2D eigenvalue weighted by Gasteiger charge is -2.29. The van der Waals surface area contributed by atoms with E-state index < -0.39 is 9.84 Å². The van der Waals surface area contributed by atoms with Gasteiger partial charge in [-0.25, -0.2) is 8.42 Å². The standard InChI is InChI=1S/C11H22N2O3S/c1-9(8-17(3,15)16)13(10-4-5-10)11(14)6-7-12-2/h9-10,12H,4-8H2,1-3H3. The second kappa shape index (κ2) is 5.82. The van der Waals surface area contributed by atoms with E-state index in [-0.39, 0.29) is 23.7 Å². The van der Waals surface area contributed by atoms with E-state index in [1.807, 2.05) is 6.92 Å². The van der Waals surface area contributed by atoms with Crippen LogP contribution in [0.2, 0.25) is 0 Å². The first-order chi connectivity index (χ1) is 7.85. The van der Waals surface area contributed by atoms with Gasteiger partial charge in [-0.05, 0) is 26.8 Å². The van der Waals surface area contributed by atoms with Crippen LogP contribution < -0.4 is 5.32 Å². The Hall–Kier alpha value is -0.620. The normalized spacial score (nSPS) is 17.8. The Labute approximate surface area is 103 Å². The van der Waals surface area contributed by atoms with Crippen molar-refractivity contribution in [1.82, 2.24) is 10.2 Å². The Morgan fingerprint density at radius 1 is 1.47 bits per heavy atom. The Balaban J connectivity index is 2.61. The molecule has 0 bridgehead atoms. The lowest BCUT2D eigenvalue weighted by molar-refractivity contribution is -0.133. The number of sulfone groups is 1. The van der Waals surface area contributed by atoms with Gasteiger partial charge >= 0.3 is 0 Å². The highest BCUT2D eigenvalue weighted by Crippen LogP contribution is 2.29. The second-order valence-electron chi connectivity index (χ2n) is 4.83. The maximum absolute atomic E-state index is 12.0. The maximum atomic E-state index is 12.0. The fourth-order valence-corrected chi connectivity index (χ4v) is 3.08. The molecule has 0 aliphatic heterocycles. The summed E-state index contributed by atoms with van der Waals surface area (Å²) in [7, 11) is -1.24. The van der Waals surface area contributed by atoms with E-state index in [2.05, 4.69) is 5.32 Å². The van der Waals surface area contributed by atoms with Gasteiger partial charge in [-0.2, -0.15) is 0 Å². The zero-order valence-corrected chi connectivity index (χ0v) is 11.6.